The van der Waals surface area contributed by atoms with Crippen LogP contribution in [0.25, 0.3) is 0 Å². The van der Waals surface area contributed by atoms with Gasteiger partial charge in [0.05, 0.1) is 6.61 Å². The number of rotatable bonds is 6. The van der Waals surface area contributed by atoms with E-state index in [-0.39, 0.29) is 6.61 Å². The minimum absolute atomic E-state index is 0.0792. The van der Waals surface area contributed by atoms with E-state index < -0.39 is 30.7 Å². The summed E-state index contributed by atoms with van der Waals surface area (Å²) in [7, 11) is 1.47. The number of para-hydroxylation sites is 1. The van der Waals surface area contributed by atoms with Crippen molar-refractivity contribution in [2.24, 2.45) is 0 Å². The van der Waals surface area contributed by atoms with Crippen LogP contribution in [0, 0.1) is 6.92 Å². The minimum atomic E-state index is -1.38. The lowest BCUT2D eigenvalue weighted by molar-refractivity contribution is -0.278. The molecule has 2 aromatic carbocycles. The van der Waals surface area contributed by atoms with Crippen LogP contribution in [0.1, 0.15) is 16.7 Å². The summed E-state index contributed by atoms with van der Waals surface area (Å²) in [5.74, 6) is 0.557. The van der Waals surface area contributed by atoms with E-state index in [9.17, 15) is 15.3 Å². The van der Waals surface area contributed by atoms with Gasteiger partial charge in [-0.25, -0.2) is 0 Å². The fraction of sp³-hybridized carbons (Fsp3) is 0.429. The van der Waals surface area contributed by atoms with Crippen molar-refractivity contribution in [3.05, 3.63) is 65.2 Å². The van der Waals surface area contributed by atoms with Crippen LogP contribution in [0.5, 0.6) is 5.75 Å². The lowest BCUT2D eigenvalue weighted by Gasteiger charge is -2.40. The summed E-state index contributed by atoms with van der Waals surface area (Å²) in [5.41, 5.74) is 3.26. The van der Waals surface area contributed by atoms with Crippen LogP contribution in [0.3, 0.4) is 0 Å². The Morgan fingerprint density at radius 1 is 0.926 bits per heavy atom. The highest BCUT2D eigenvalue weighted by molar-refractivity contribution is 5.38. The number of aliphatic hydroxyl groups is 3. The van der Waals surface area contributed by atoms with Crippen LogP contribution >= 0.6 is 0 Å². The molecule has 3 rings (SSSR count). The van der Waals surface area contributed by atoms with Crippen molar-refractivity contribution in [2.75, 3.05) is 13.7 Å². The maximum absolute atomic E-state index is 10.3. The second kappa shape index (κ2) is 8.82. The number of benzene rings is 2. The van der Waals surface area contributed by atoms with Gasteiger partial charge in [0.1, 0.15) is 30.2 Å². The Morgan fingerprint density at radius 2 is 1.63 bits per heavy atom. The summed E-state index contributed by atoms with van der Waals surface area (Å²) < 4.78 is 16.5. The molecule has 0 unspecified atom stereocenters. The molecule has 0 amide bonds. The third kappa shape index (κ3) is 4.66. The summed E-state index contributed by atoms with van der Waals surface area (Å²) in [4.78, 5) is 0. The normalized spacial score (nSPS) is 28.1. The number of aliphatic hydroxyl groups excluding tert-OH is 3. The summed E-state index contributed by atoms with van der Waals surface area (Å²) in [6, 6.07) is 15.7. The highest BCUT2D eigenvalue weighted by atomic mass is 16.7. The highest BCUT2D eigenvalue weighted by Crippen LogP contribution is 2.28. The fourth-order valence-corrected chi connectivity index (χ4v) is 3.13. The van der Waals surface area contributed by atoms with Gasteiger partial charge in [-0.15, -0.1) is 0 Å². The summed E-state index contributed by atoms with van der Waals surface area (Å²) in [5, 5.41) is 30.4. The van der Waals surface area contributed by atoms with Crippen LogP contribution in [0.4, 0.5) is 0 Å². The van der Waals surface area contributed by atoms with Gasteiger partial charge >= 0.3 is 0 Å². The molecule has 0 bridgehead atoms. The maximum Gasteiger partial charge on any atom is 0.229 e. The van der Waals surface area contributed by atoms with E-state index in [0.29, 0.717) is 12.2 Å². The van der Waals surface area contributed by atoms with Crippen molar-refractivity contribution >= 4 is 0 Å². The Labute approximate surface area is 158 Å². The van der Waals surface area contributed by atoms with Crippen molar-refractivity contribution in [1.29, 1.82) is 0 Å². The van der Waals surface area contributed by atoms with E-state index in [1.807, 2.05) is 25.1 Å². The van der Waals surface area contributed by atoms with Crippen LogP contribution in [0.15, 0.2) is 48.5 Å². The molecule has 146 valence electrons. The lowest BCUT2D eigenvalue weighted by Crippen LogP contribution is -2.60. The number of hydrogen-bond donors (Lipinski definition) is 3. The Morgan fingerprint density at radius 3 is 2.33 bits per heavy atom. The fourth-order valence-electron chi connectivity index (χ4n) is 3.13. The van der Waals surface area contributed by atoms with Gasteiger partial charge in [-0.05, 0) is 24.1 Å². The number of ether oxygens (including phenoxy) is 3. The Hall–Kier alpha value is -1.96. The molecule has 1 aliphatic heterocycles. The van der Waals surface area contributed by atoms with Gasteiger partial charge in [-0.1, -0.05) is 48.0 Å². The topological polar surface area (TPSA) is 88.4 Å². The molecular formula is C21H26O6. The van der Waals surface area contributed by atoms with Crippen molar-refractivity contribution in [3.63, 3.8) is 0 Å². The minimum Gasteiger partial charge on any atom is -0.462 e. The van der Waals surface area contributed by atoms with Gasteiger partial charge in [0, 0.05) is 13.5 Å². The second-order valence-electron chi connectivity index (χ2n) is 6.86. The predicted molar refractivity (Wildman–Crippen MR) is 99.6 cm³/mol. The summed E-state index contributed by atoms with van der Waals surface area (Å²) in [6.45, 7) is 2.12. The second-order valence-corrected chi connectivity index (χ2v) is 6.86. The quantitative estimate of drug-likeness (QED) is 0.709. The van der Waals surface area contributed by atoms with Crippen molar-refractivity contribution in [3.8, 4) is 5.75 Å². The third-order valence-electron chi connectivity index (χ3n) is 4.73. The van der Waals surface area contributed by atoms with E-state index in [1.165, 1.54) is 12.7 Å². The Kier molecular flexibility index (Phi) is 6.46. The molecule has 3 N–H and O–H groups in total. The average Bonchev–Trinajstić information content (AvgIpc) is 2.67. The number of methoxy groups -OCH3 is 1. The Bertz CT molecular complexity index is 732. The van der Waals surface area contributed by atoms with Crippen LogP contribution in [-0.4, -0.2) is 59.7 Å². The molecule has 0 aliphatic carbocycles. The molecule has 27 heavy (non-hydrogen) atoms. The van der Waals surface area contributed by atoms with E-state index in [2.05, 4.69) is 24.3 Å². The lowest BCUT2D eigenvalue weighted by atomic mass is 9.99. The molecule has 5 atom stereocenters. The first-order valence-electron chi connectivity index (χ1n) is 8.98. The van der Waals surface area contributed by atoms with Gasteiger partial charge in [0.2, 0.25) is 6.29 Å². The molecule has 1 fully saturated rings. The Balaban J connectivity index is 1.77. The molecule has 0 spiro atoms. The molecule has 6 heteroatoms. The first-order chi connectivity index (χ1) is 13.0. The van der Waals surface area contributed by atoms with Gasteiger partial charge in [0.15, 0.2) is 0 Å². The molecule has 1 saturated heterocycles. The zero-order valence-electron chi connectivity index (χ0n) is 15.5. The van der Waals surface area contributed by atoms with Crippen molar-refractivity contribution in [1.82, 2.24) is 0 Å². The number of aryl methyl sites for hydroxylation is 1. The molecule has 6 nitrogen and oxygen atoms in total. The molecule has 2 aromatic rings. The first kappa shape index (κ1) is 19.8. The monoisotopic (exact) mass is 374 g/mol. The van der Waals surface area contributed by atoms with Crippen molar-refractivity contribution < 1.29 is 29.5 Å². The van der Waals surface area contributed by atoms with Crippen LogP contribution in [-0.2, 0) is 15.9 Å². The van der Waals surface area contributed by atoms with Gasteiger partial charge in [0.25, 0.3) is 0 Å². The molecule has 1 aliphatic rings. The molecule has 0 aromatic heterocycles. The molecule has 0 saturated carbocycles. The summed E-state index contributed by atoms with van der Waals surface area (Å²) >= 11 is 0. The maximum atomic E-state index is 10.3. The third-order valence-corrected chi connectivity index (χ3v) is 4.73. The standard InChI is InChI=1S/C21H26O6/c1-13-7-9-14(10-8-13)11-15-5-3-4-6-16(15)26-21-20(24)19(23)18(22)17(27-21)12-25-2/h3-10,17-24H,11-12H2,1-2H3/t17-,18-,19+,20-,21-/m1/s1. The van der Waals surface area contributed by atoms with Gasteiger partial charge < -0.3 is 29.5 Å². The molecular weight excluding hydrogens is 348 g/mol. The highest BCUT2D eigenvalue weighted by Gasteiger charge is 2.45. The smallest absolute Gasteiger partial charge is 0.229 e. The van der Waals surface area contributed by atoms with Crippen LogP contribution in [0.2, 0.25) is 0 Å². The van der Waals surface area contributed by atoms with E-state index >= 15 is 0 Å². The number of hydrogen-bond acceptors (Lipinski definition) is 6. The predicted octanol–water partition coefficient (Wildman–Crippen LogP) is 1.42. The largest absolute Gasteiger partial charge is 0.462 e. The zero-order chi connectivity index (χ0) is 19.4. The van der Waals surface area contributed by atoms with E-state index in [4.69, 9.17) is 14.2 Å². The van der Waals surface area contributed by atoms with E-state index in [0.717, 1.165) is 11.1 Å². The van der Waals surface area contributed by atoms with Gasteiger partial charge in [-0.3, -0.25) is 0 Å². The zero-order valence-corrected chi connectivity index (χ0v) is 15.5. The van der Waals surface area contributed by atoms with Crippen molar-refractivity contribution in [2.45, 2.75) is 44.1 Å². The molecule has 0 radical (unpaired) electrons. The summed E-state index contributed by atoms with van der Waals surface area (Å²) in [6.07, 6.45) is -5.24. The van der Waals surface area contributed by atoms with Crippen LogP contribution < -0.4 is 4.74 Å². The van der Waals surface area contributed by atoms with Gasteiger partial charge in [-0.2, -0.15) is 0 Å². The average molecular weight is 374 g/mol. The molecule has 1 heterocycles. The van der Waals surface area contributed by atoms with E-state index in [1.54, 1.807) is 6.07 Å². The SMILES string of the molecule is COC[C@H]1O[C@@H](Oc2ccccc2Cc2ccc(C)cc2)[C@H](O)[C@@H](O)[C@@H]1O. The first-order valence-corrected chi connectivity index (χ1v) is 8.98.